The fourth-order valence-electron chi connectivity index (χ4n) is 2.86. The molecule has 1 heterocycles. The lowest BCUT2D eigenvalue weighted by molar-refractivity contribution is 0.0736. The third kappa shape index (κ3) is 2.96. The van der Waals surface area contributed by atoms with E-state index in [1.807, 2.05) is 0 Å². The molecule has 3 rings (SSSR count). The van der Waals surface area contributed by atoms with Crippen molar-refractivity contribution < 1.29 is 9.18 Å². The second-order valence-electron chi connectivity index (χ2n) is 5.33. The van der Waals surface area contributed by atoms with Gasteiger partial charge in [0.05, 0.1) is 16.6 Å². The zero-order valence-electron chi connectivity index (χ0n) is 11.7. The lowest BCUT2D eigenvalue weighted by Crippen LogP contribution is -2.30. The molecule has 2 aromatic carbocycles. The Morgan fingerprint density at radius 3 is 2.55 bits per heavy atom. The lowest BCUT2D eigenvalue weighted by Gasteiger charge is -2.25. The van der Waals surface area contributed by atoms with E-state index in [1.54, 1.807) is 35.2 Å². The van der Waals surface area contributed by atoms with Gasteiger partial charge in [-0.25, -0.2) is 4.39 Å². The number of rotatable bonds is 2. The van der Waals surface area contributed by atoms with Crippen molar-refractivity contribution in [3.63, 3.8) is 0 Å². The maximum absolute atomic E-state index is 13.1. The minimum absolute atomic E-state index is 0.0418. The molecule has 0 aromatic heterocycles. The zero-order valence-corrected chi connectivity index (χ0v) is 13.2. The fraction of sp³-hybridized carbons (Fsp3) is 0.235. The summed E-state index contributed by atoms with van der Waals surface area (Å²) in [4.78, 5) is 14.5. The smallest absolute Gasteiger partial charge is 0.255 e. The van der Waals surface area contributed by atoms with Crippen molar-refractivity contribution in [3.05, 3.63) is 69.5 Å². The molecular weight excluding hydrogens is 324 g/mol. The molecule has 114 valence electrons. The maximum atomic E-state index is 13.1. The van der Waals surface area contributed by atoms with E-state index in [2.05, 4.69) is 0 Å². The van der Waals surface area contributed by atoms with Gasteiger partial charge in [-0.1, -0.05) is 35.3 Å². The fourth-order valence-corrected chi connectivity index (χ4v) is 3.35. The number of carbonyl (C=O) groups excluding carboxylic acids is 1. The summed E-state index contributed by atoms with van der Waals surface area (Å²) >= 11 is 12.0. The highest BCUT2D eigenvalue weighted by Gasteiger charge is 2.31. The summed E-state index contributed by atoms with van der Waals surface area (Å²) in [7, 11) is 0. The van der Waals surface area contributed by atoms with Crippen molar-refractivity contribution in [1.82, 2.24) is 4.90 Å². The van der Waals surface area contributed by atoms with E-state index in [9.17, 15) is 9.18 Å². The number of hydrogen-bond acceptors (Lipinski definition) is 1. The highest BCUT2D eigenvalue weighted by molar-refractivity contribution is 6.36. The molecule has 1 amide bonds. The van der Waals surface area contributed by atoms with Crippen LogP contribution in [0, 0.1) is 5.82 Å². The van der Waals surface area contributed by atoms with E-state index >= 15 is 0 Å². The van der Waals surface area contributed by atoms with Gasteiger partial charge >= 0.3 is 0 Å². The van der Waals surface area contributed by atoms with Crippen LogP contribution in [-0.4, -0.2) is 17.4 Å². The van der Waals surface area contributed by atoms with Crippen LogP contribution in [-0.2, 0) is 0 Å². The molecule has 0 N–H and O–H groups in total. The number of nitrogens with zero attached hydrogens (tertiary/aromatic N) is 1. The summed E-state index contributed by atoms with van der Waals surface area (Å²) in [6, 6.07) is 11.1. The first-order valence-corrected chi connectivity index (χ1v) is 7.83. The Bertz CT molecular complexity index is 702. The maximum Gasteiger partial charge on any atom is 0.255 e. The molecule has 1 aliphatic heterocycles. The van der Waals surface area contributed by atoms with Gasteiger partial charge in [-0.05, 0) is 48.7 Å². The van der Waals surface area contributed by atoms with E-state index in [0.717, 1.165) is 18.4 Å². The summed E-state index contributed by atoms with van der Waals surface area (Å²) in [6.45, 7) is 0.666. The predicted molar refractivity (Wildman–Crippen MR) is 85.9 cm³/mol. The SMILES string of the molecule is O=C(c1ccc(Cl)cc1Cl)N1CCCC1c1ccc(F)cc1. The Kier molecular flexibility index (Phi) is 4.37. The molecule has 0 aliphatic carbocycles. The lowest BCUT2D eigenvalue weighted by atomic mass is 10.0. The average molecular weight is 338 g/mol. The number of hydrogen-bond donors (Lipinski definition) is 0. The monoisotopic (exact) mass is 337 g/mol. The van der Waals surface area contributed by atoms with Gasteiger partial charge in [-0.3, -0.25) is 4.79 Å². The molecule has 22 heavy (non-hydrogen) atoms. The predicted octanol–water partition coefficient (Wildman–Crippen LogP) is 5.11. The molecule has 1 unspecified atom stereocenters. The summed E-state index contributed by atoms with van der Waals surface area (Å²) < 4.78 is 13.1. The molecule has 1 atom stereocenters. The molecule has 5 heteroatoms. The van der Waals surface area contributed by atoms with Crippen molar-refractivity contribution in [2.24, 2.45) is 0 Å². The zero-order chi connectivity index (χ0) is 15.7. The van der Waals surface area contributed by atoms with Crippen molar-refractivity contribution in [2.75, 3.05) is 6.54 Å². The number of likely N-dealkylation sites (tertiary alicyclic amines) is 1. The normalized spacial score (nSPS) is 17.8. The van der Waals surface area contributed by atoms with Crippen LogP contribution in [0.1, 0.15) is 34.8 Å². The van der Waals surface area contributed by atoms with Crippen LogP contribution in [0.4, 0.5) is 4.39 Å². The first kappa shape index (κ1) is 15.3. The van der Waals surface area contributed by atoms with Gasteiger partial charge in [0.1, 0.15) is 5.82 Å². The minimum atomic E-state index is -0.277. The van der Waals surface area contributed by atoms with Gasteiger partial charge in [0.2, 0.25) is 0 Å². The van der Waals surface area contributed by atoms with Crippen LogP contribution in [0.2, 0.25) is 10.0 Å². The van der Waals surface area contributed by atoms with Crippen molar-refractivity contribution in [1.29, 1.82) is 0 Å². The van der Waals surface area contributed by atoms with Gasteiger partial charge < -0.3 is 4.90 Å². The van der Waals surface area contributed by atoms with Crippen LogP contribution in [0.5, 0.6) is 0 Å². The van der Waals surface area contributed by atoms with E-state index in [-0.39, 0.29) is 17.8 Å². The van der Waals surface area contributed by atoms with E-state index in [4.69, 9.17) is 23.2 Å². The molecule has 1 aliphatic rings. The topological polar surface area (TPSA) is 20.3 Å². The summed E-state index contributed by atoms with van der Waals surface area (Å²) in [5, 5.41) is 0.848. The standard InChI is InChI=1S/C17H14Cl2FNO/c18-12-5-8-14(15(19)10-12)17(22)21-9-1-2-16(21)11-3-6-13(20)7-4-11/h3-8,10,16H,1-2,9H2. The quantitative estimate of drug-likeness (QED) is 0.745. The molecule has 0 saturated carbocycles. The number of carbonyl (C=O) groups is 1. The molecule has 0 spiro atoms. The van der Waals surface area contributed by atoms with Crippen LogP contribution in [0.3, 0.4) is 0 Å². The van der Waals surface area contributed by atoms with Gasteiger partial charge in [-0.2, -0.15) is 0 Å². The molecule has 2 aromatic rings. The first-order valence-electron chi connectivity index (χ1n) is 7.08. The second-order valence-corrected chi connectivity index (χ2v) is 6.18. The van der Waals surface area contributed by atoms with Crippen LogP contribution in [0.15, 0.2) is 42.5 Å². The van der Waals surface area contributed by atoms with Crippen molar-refractivity contribution in [3.8, 4) is 0 Å². The Morgan fingerprint density at radius 2 is 1.86 bits per heavy atom. The summed E-state index contributed by atoms with van der Waals surface area (Å²) in [5.41, 5.74) is 1.39. The molecule has 0 radical (unpaired) electrons. The highest BCUT2D eigenvalue weighted by Crippen LogP contribution is 2.34. The Morgan fingerprint density at radius 1 is 1.14 bits per heavy atom. The third-order valence-corrected chi connectivity index (χ3v) is 4.48. The van der Waals surface area contributed by atoms with Crippen molar-refractivity contribution in [2.45, 2.75) is 18.9 Å². The number of benzene rings is 2. The number of halogens is 3. The molecule has 1 saturated heterocycles. The molecule has 0 bridgehead atoms. The Balaban J connectivity index is 1.89. The van der Waals surface area contributed by atoms with Gasteiger partial charge in [0.15, 0.2) is 0 Å². The average Bonchev–Trinajstić information content (AvgIpc) is 2.97. The van der Waals surface area contributed by atoms with Gasteiger partial charge in [0, 0.05) is 11.6 Å². The molecule has 1 fully saturated rings. The van der Waals surface area contributed by atoms with E-state index in [1.165, 1.54) is 12.1 Å². The molecular formula is C17H14Cl2FNO. The minimum Gasteiger partial charge on any atom is -0.332 e. The van der Waals surface area contributed by atoms with Crippen LogP contribution < -0.4 is 0 Å². The van der Waals surface area contributed by atoms with Gasteiger partial charge in [-0.15, -0.1) is 0 Å². The third-order valence-electron chi connectivity index (χ3n) is 3.93. The van der Waals surface area contributed by atoms with Gasteiger partial charge in [0.25, 0.3) is 5.91 Å². The largest absolute Gasteiger partial charge is 0.332 e. The van der Waals surface area contributed by atoms with E-state index in [0.29, 0.717) is 22.2 Å². The van der Waals surface area contributed by atoms with Crippen molar-refractivity contribution >= 4 is 29.1 Å². The highest BCUT2D eigenvalue weighted by atomic mass is 35.5. The van der Waals surface area contributed by atoms with E-state index < -0.39 is 0 Å². The summed E-state index contributed by atoms with van der Waals surface area (Å²) in [6.07, 6.45) is 1.78. The number of amides is 1. The Labute approximate surface area is 138 Å². The summed E-state index contributed by atoms with van der Waals surface area (Å²) in [5.74, 6) is -0.395. The first-order chi connectivity index (χ1) is 10.6. The molecule has 2 nitrogen and oxygen atoms in total. The second kappa shape index (κ2) is 6.27. The van der Waals surface area contributed by atoms with Crippen LogP contribution in [0.25, 0.3) is 0 Å². The van der Waals surface area contributed by atoms with Crippen LogP contribution >= 0.6 is 23.2 Å². The Hall–Kier alpha value is -1.58.